The van der Waals surface area contributed by atoms with Crippen LogP contribution >= 0.6 is 0 Å². The summed E-state index contributed by atoms with van der Waals surface area (Å²) in [6.45, 7) is 2.45. The quantitative estimate of drug-likeness (QED) is 0.805. The average Bonchev–Trinajstić information content (AvgIpc) is 2.67. The Hall–Kier alpha value is -1.92. The monoisotopic (exact) mass is 343 g/mol. The van der Waals surface area contributed by atoms with E-state index in [1.54, 1.807) is 0 Å². The fraction of sp³-hybridized carbons (Fsp3) is 0.400. The number of morpholine rings is 1. The summed E-state index contributed by atoms with van der Waals surface area (Å²) in [5, 5.41) is 18.7. The van der Waals surface area contributed by atoms with Crippen LogP contribution in [0.5, 0.6) is 5.75 Å². The Morgan fingerprint density at radius 3 is 2.68 bits per heavy atom. The highest BCUT2D eigenvalue weighted by Crippen LogP contribution is 2.31. The fourth-order valence-electron chi connectivity index (χ4n) is 3.32. The minimum atomic E-state index is -0.232. The zero-order chi connectivity index (χ0) is 17.5. The first-order valence-corrected chi connectivity index (χ1v) is 8.66. The first-order valence-electron chi connectivity index (χ1n) is 8.66. The van der Waals surface area contributed by atoms with Gasteiger partial charge in [-0.25, -0.2) is 0 Å². The molecule has 1 aliphatic heterocycles. The first-order chi connectivity index (χ1) is 12.3. The van der Waals surface area contributed by atoms with Gasteiger partial charge in [0.2, 0.25) is 0 Å². The van der Waals surface area contributed by atoms with Crippen molar-refractivity contribution >= 4 is 0 Å². The highest BCUT2D eigenvalue weighted by Gasteiger charge is 2.33. The van der Waals surface area contributed by atoms with Crippen LogP contribution in [0.3, 0.4) is 0 Å². The molecule has 5 heteroatoms. The van der Waals surface area contributed by atoms with E-state index in [4.69, 9.17) is 14.6 Å². The van der Waals surface area contributed by atoms with Crippen molar-refractivity contribution in [1.29, 1.82) is 0 Å². The number of hydrogen-bond acceptors (Lipinski definition) is 5. The lowest BCUT2D eigenvalue weighted by Crippen LogP contribution is -2.46. The van der Waals surface area contributed by atoms with Gasteiger partial charge >= 0.3 is 0 Å². The molecular weight excluding hydrogens is 318 g/mol. The largest absolute Gasteiger partial charge is 0.491 e. The molecular formula is C20H25NO4. The van der Waals surface area contributed by atoms with E-state index < -0.39 is 0 Å². The second-order valence-corrected chi connectivity index (χ2v) is 6.14. The number of nitrogens with zero attached hydrogens (tertiary/aromatic N) is 1. The molecule has 5 nitrogen and oxygen atoms in total. The molecule has 2 atom stereocenters. The van der Waals surface area contributed by atoms with E-state index in [1.165, 1.54) is 0 Å². The van der Waals surface area contributed by atoms with Gasteiger partial charge in [-0.3, -0.25) is 4.90 Å². The predicted octanol–water partition coefficient (Wildman–Crippen LogP) is 1.99. The summed E-state index contributed by atoms with van der Waals surface area (Å²) < 4.78 is 11.3. The van der Waals surface area contributed by atoms with Gasteiger partial charge in [-0.1, -0.05) is 42.5 Å². The van der Waals surface area contributed by atoms with E-state index in [9.17, 15) is 5.11 Å². The van der Waals surface area contributed by atoms with E-state index >= 15 is 0 Å². The molecule has 0 amide bonds. The van der Waals surface area contributed by atoms with E-state index in [0.717, 1.165) is 30.0 Å². The molecule has 3 rings (SSSR count). The zero-order valence-electron chi connectivity index (χ0n) is 14.3. The van der Waals surface area contributed by atoms with Gasteiger partial charge in [0.15, 0.2) is 0 Å². The van der Waals surface area contributed by atoms with Crippen LogP contribution in [0.4, 0.5) is 0 Å². The van der Waals surface area contributed by atoms with Crippen LogP contribution in [-0.4, -0.2) is 54.2 Å². The molecule has 1 aliphatic rings. The van der Waals surface area contributed by atoms with E-state index in [2.05, 4.69) is 23.1 Å². The summed E-state index contributed by atoms with van der Waals surface area (Å²) in [6.07, 6.45) is -0.232. The second-order valence-electron chi connectivity index (χ2n) is 6.14. The molecule has 2 N–H and O–H groups in total. The van der Waals surface area contributed by atoms with E-state index in [0.29, 0.717) is 13.2 Å². The van der Waals surface area contributed by atoms with Crippen LogP contribution in [0.2, 0.25) is 0 Å². The molecule has 2 aromatic carbocycles. The van der Waals surface area contributed by atoms with Crippen molar-refractivity contribution < 1.29 is 19.7 Å². The molecule has 0 unspecified atom stereocenters. The fourth-order valence-corrected chi connectivity index (χ4v) is 3.32. The lowest BCUT2D eigenvalue weighted by molar-refractivity contribution is -0.0960. The summed E-state index contributed by atoms with van der Waals surface area (Å²) in [6, 6.07) is 18.1. The van der Waals surface area contributed by atoms with Gasteiger partial charge in [-0.15, -0.1) is 0 Å². The number of benzene rings is 2. The maximum atomic E-state index is 9.75. The molecule has 134 valence electrons. The van der Waals surface area contributed by atoms with Crippen LogP contribution in [0.1, 0.15) is 17.2 Å². The lowest BCUT2D eigenvalue weighted by atomic mass is 9.97. The third-order valence-electron chi connectivity index (χ3n) is 4.42. The van der Waals surface area contributed by atoms with Gasteiger partial charge < -0.3 is 19.7 Å². The molecule has 0 aromatic heterocycles. The van der Waals surface area contributed by atoms with Gasteiger partial charge in [0.25, 0.3) is 0 Å². The molecule has 25 heavy (non-hydrogen) atoms. The maximum Gasteiger partial charge on any atom is 0.119 e. The summed E-state index contributed by atoms with van der Waals surface area (Å²) >= 11 is 0. The van der Waals surface area contributed by atoms with Gasteiger partial charge in [-0.2, -0.15) is 0 Å². The number of aliphatic hydroxyl groups is 2. The molecule has 0 saturated carbocycles. The van der Waals surface area contributed by atoms with Crippen LogP contribution < -0.4 is 4.74 Å². The maximum absolute atomic E-state index is 9.75. The lowest BCUT2D eigenvalue weighted by Gasteiger charge is -2.41. The predicted molar refractivity (Wildman–Crippen MR) is 95.4 cm³/mol. The highest BCUT2D eigenvalue weighted by atomic mass is 16.5. The van der Waals surface area contributed by atoms with E-state index in [1.807, 2.05) is 36.4 Å². The summed E-state index contributed by atoms with van der Waals surface area (Å²) in [4.78, 5) is 2.34. The number of aliphatic hydroxyl groups excluding tert-OH is 2. The highest BCUT2D eigenvalue weighted by molar-refractivity contribution is 5.29. The Balaban J connectivity index is 1.79. The van der Waals surface area contributed by atoms with Crippen molar-refractivity contribution in [3.05, 3.63) is 65.7 Å². The van der Waals surface area contributed by atoms with Gasteiger partial charge in [0, 0.05) is 13.1 Å². The minimum absolute atomic E-state index is 0.00194. The Morgan fingerprint density at radius 2 is 1.92 bits per heavy atom. The molecule has 1 fully saturated rings. The SMILES string of the molecule is OCCOc1cccc(CN2CCO[C@H](CO)[C@H]2c2ccccc2)c1. The Kier molecular flexibility index (Phi) is 6.42. The molecule has 1 heterocycles. The molecule has 0 bridgehead atoms. The van der Waals surface area contributed by atoms with Gasteiger partial charge in [0.05, 0.1) is 25.9 Å². The smallest absolute Gasteiger partial charge is 0.119 e. The molecule has 0 spiro atoms. The number of rotatable bonds is 7. The number of ether oxygens (including phenoxy) is 2. The topological polar surface area (TPSA) is 62.2 Å². The third kappa shape index (κ3) is 4.58. The zero-order valence-corrected chi connectivity index (χ0v) is 14.3. The summed E-state index contributed by atoms with van der Waals surface area (Å²) in [5.41, 5.74) is 2.28. The normalized spacial score (nSPS) is 21.2. The third-order valence-corrected chi connectivity index (χ3v) is 4.42. The van der Waals surface area contributed by atoms with E-state index in [-0.39, 0.29) is 25.4 Å². The molecule has 2 aromatic rings. The molecule has 0 radical (unpaired) electrons. The number of hydrogen-bond donors (Lipinski definition) is 2. The molecule has 1 saturated heterocycles. The minimum Gasteiger partial charge on any atom is -0.491 e. The van der Waals surface area contributed by atoms with Gasteiger partial charge in [-0.05, 0) is 23.3 Å². The standard InChI is InChI=1S/C20H25NO4/c22-10-12-24-18-8-4-5-16(13-18)14-21-9-11-25-19(15-23)20(21)17-6-2-1-3-7-17/h1-8,13,19-20,22-23H,9-12,14-15H2/t19-,20-/m1/s1. The van der Waals surface area contributed by atoms with Gasteiger partial charge in [0.1, 0.15) is 18.5 Å². The van der Waals surface area contributed by atoms with Crippen molar-refractivity contribution in [2.75, 3.05) is 33.0 Å². The van der Waals surface area contributed by atoms with Crippen LogP contribution in [-0.2, 0) is 11.3 Å². The van der Waals surface area contributed by atoms with Crippen LogP contribution in [0.15, 0.2) is 54.6 Å². The van der Waals surface area contributed by atoms with Crippen molar-refractivity contribution in [2.24, 2.45) is 0 Å². The Labute approximate surface area is 148 Å². The Morgan fingerprint density at radius 1 is 1.08 bits per heavy atom. The second kappa shape index (κ2) is 8.97. The molecule has 0 aliphatic carbocycles. The van der Waals surface area contributed by atoms with Crippen molar-refractivity contribution in [3.63, 3.8) is 0 Å². The van der Waals surface area contributed by atoms with Crippen LogP contribution in [0, 0.1) is 0 Å². The van der Waals surface area contributed by atoms with Crippen molar-refractivity contribution in [1.82, 2.24) is 4.90 Å². The first kappa shape index (κ1) is 17.9. The van der Waals surface area contributed by atoms with Crippen LogP contribution in [0.25, 0.3) is 0 Å². The summed E-state index contributed by atoms with van der Waals surface area (Å²) in [5.74, 6) is 0.759. The average molecular weight is 343 g/mol. The summed E-state index contributed by atoms with van der Waals surface area (Å²) in [7, 11) is 0. The van der Waals surface area contributed by atoms with Crippen molar-refractivity contribution in [2.45, 2.75) is 18.7 Å². The van der Waals surface area contributed by atoms with Crippen molar-refractivity contribution in [3.8, 4) is 5.75 Å². The Bertz CT molecular complexity index is 649.